The lowest BCUT2D eigenvalue weighted by Gasteiger charge is -2.25. The molecule has 18 heavy (non-hydrogen) atoms. The van der Waals surface area contributed by atoms with Crippen molar-refractivity contribution in [1.82, 2.24) is 0 Å². The third kappa shape index (κ3) is 2.51. The van der Waals surface area contributed by atoms with Gasteiger partial charge in [-0.2, -0.15) is 0 Å². The molecule has 2 aliphatic carbocycles. The average Bonchev–Trinajstić information content (AvgIpc) is 3.19. The molecule has 0 spiro atoms. The number of benzene rings is 1. The maximum absolute atomic E-state index is 14.2. The van der Waals surface area contributed by atoms with Crippen LogP contribution in [0, 0.1) is 11.7 Å². The van der Waals surface area contributed by atoms with E-state index in [0.717, 1.165) is 12.5 Å². The number of nitrogens with zero attached hydrogens (tertiary/aromatic N) is 1. The highest BCUT2D eigenvalue weighted by atomic mass is 19.1. The summed E-state index contributed by atoms with van der Waals surface area (Å²) in [7, 11) is 0. The topological polar surface area (TPSA) is 23.5 Å². The van der Waals surface area contributed by atoms with Crippen molar-refractivity contribution in [1.29, 1.82) is 0 Å². The summed E-state index contributed by atoms with van der Waals surface area (Å²) in [5.41, 5.74) is 1.37. The van der Waals surface area contributed by atoms with Gasteiger partial charge in [-0.1, -0.05) is 6.07 Å². The Morgan fingerprint density at radius 3 is 2.56 bits per heavy atom. The van der Waals surface area contributed by atoms with E-state index in [1.165, 1.54) is 31.7 Å². The molecule has 1 aromatic carbocycles. The Labute approximate surface area is 107 Å². The van der Waals surface area contributed by atoms with Gasteiger partial charge >= 0.3 is 0 Å². The van der Waals surface area contributed by atoms with Gasteiger partial charge in [0.05, 0.1) is 11.8 Å². The van der Waals surface area contributed by atoms with Crippen LogP contribution in [0.4, 0.5) is 10.1 Å². The number of aliphatic hydroxyl groups excluding tert-OH is 1. The Morgan fingerprint density at radius 1 is 1.33 bits per heavy atom. The highest BCUT2D eigenvalue weighted by Gasteiger charge is 2.34. The van der Waals surface area contributed by atoms with E-state index in [-0.39, 0.29) is 5.82 Å². The maximum Gasteiger partial charge on any atom is 0.146 e. The second-order valence-corrected chi connectivity index (χ2v) is 5.71. The van der Waals surface area contributed by atoms with Gasteiger partial charge < -0.3 is 10.0 Å². The third-order valence-corrected chi connectivity index (χ3v) is 3.90. The molecule has 0 aliphatic heterocycles. The fourth-order valence-corrected chi connectivity index (χ4v) is 2.42. The van der Waals surface area contributed by atoms with E-state index < -0.39 is 6.10 Å². The van der Waals surface area contributed by atoms with E-state index in [2.05, 4.69) is 4.90 Å². The van der Waals surface area contributed by atoms with Crippen LogP contribution in [-0.2, 0) is 0 Å². The van der Waals surface area contributed by atoms with Crippen molar-refractivity contribution in [3.8, 4) is 0 Å². The Morgan fingerprint density at radius 2 is 2.06 bits per heavy atom. The summed E-state index contributed by atoms with van der Waals surface area (Å²) < 4.78 is 14.2. The summed E-state index contributed by atoms with van der Waals surface area (Å²) in [6, 6.07) is 5.68. The van der Waals surface area contributed by atoms with Gasteiger partial charge in [-0.25, -0.2) is 4.39 Å². The van der Waals surface area contributed by atoms with E-state index in [1.807, 2.05) is 12.1 Å². The molecule has 0 amide bonds. The summed E-state index contributed by atoms with van der Waals surface area (Å²) in [5.74, 6) is 0.572. The van der Waals surface area contributed by atoms with Crippen molar-refractivity contribution in [3.63, 3.8) is 0 Å². The fraction of sp³-hybridized carbons (Fsp3) is 0.600. The fourth-order valence-electron chi connectivity index (χ4n) is 2.42. The Kier molecular flexibility index (Phi) is 3.02. The molecule has 2 saturated carbocycles. The van der Waals surface area contributed by atoms with Crippen molar-refractivity contribution in [3.05, 3.63) is 29.6 Å². The van der Waals surface area contributed by atoms with Crippen LogP contribution in [0.5, 0.6) is 0 Å². The number of rotatable bonds is 5. The molecule has 1 atom stereocenters. The van der Waals surface area contributed by atoms with Gasteiger partial charge in [0.2, 0.25) is 0 Å². The minimum absolute atomic E-state index is 0.194. The van der Waals surface area contributed by atoms with Gasteiger partial charge in [-0.05, 0) is 56.2 Å². The molecular weight excluding hydrogens is 229 g/mol. The average molecular weight is 249 g/mol. The second kappa shape index (κ2) is 4.54. The van der Waals surface area contributed by atoms with Crippen LogP contribution in [0.15, 0.2) is 18.2 Å². The molecule has 0 bridgehead atoms. The minimum Gasteiger partial charge on any atom is -0.389 e. The number of hydrogen-bond donors (Lipinski definition) is 1. The second-order valence-electron chi connectivity index (χ2n) is 5.71. The van der Waals surface area contributed by atoms with Crippen molar-refractivity contribution in [2.75, 3.05) is 11.4 Å². The molecule has 98 valence electrons. The molecule has 0 saturated heterocycles. The molecule has 2 fully saturated rings. The van der Waals surface area contributed by atoms with Crippen LogP contribution in [0.2, 0.25) is 0 Å². The van der Waals surface area contributed by atoms with Crippen molar-refractivity contribution in [2.45, 2.75) is 44.8 Å². The number of aliphatic hydroxyl groups is 1. The predicted molar refractivity (Wildman–Crippen MR) is 70.1 cm³/mol. The third-order valence-electron chi connectivity index (χ3n) is 3.90. The summed E-state index contributed by atoms with van der Waals surface area (Å²) in [6.07, 6.45) is 4.34. The number of hydrogen-bond acceptors (Lipinski definition) is 2. The lowest BCUT2D eigenvalue weighted by atomic mass is 10.1. The molecular formula is C15H20FNO. The van der Waals surface area contributed by atoms with Crippen LogP contribution >= 0.6 is 0 Å². The molecule has 1 aromatic rings. The maximum atomic E-state index is 14.2. The van der Waals surface area contributed by atoms with Crippen LogP contribution in [0.3, 0.4) is 0 Å². The van der Waals surface area contributed by atoms with Gasteiger partial charge in [0.1, 0.15) is 5.82 Å². The smallest absolute Gasteiger partial charge is 0.146 e. The SMILES string of the molecule is C[C@H](O)c1ccc(N(CC2CC2)C2CC2)c(F)c1. The first-order valence-corrected chi connectivity index (χ1v) is 6.89. The highest BCUT2D eigenvalue weighted by molar-refractivity contribution is 5.51. The first kappa shape index (κ1) is 12.0. The molecule has 2 nitrogen and oxygen atoms in total. The summed E-state index contributed by atoms with van der Waals surface area (Å²) >= 11 is 0. The minimum atomic E-state index is -0.605. The molecule has 0 unspecified atom stereocenters. The standard InChI is InChI=1S/C15H20FNO/c1-10(18)12-4-7-15(14(16)8-12)17(13-5-6-13)9-11-2-3-11/h4,7-8,10-11,13,18H,2-3,5-6,9H2,1H3/t10-/m0/s1. The first-order chi connectivity index (χ1) is 8.65. The molecule has 2 aliphatic rings. The highest BCUT2D eigenvalue weighted by Crippen LogP contribution is 2.38. The van der Waals surface area contributed by atoms with Crippen LogP contribution in [0.25, 0.3) is 0 Å². The van der Waals surface area contributed by atoms with Gasteiger partial charge in [-0.15, -0.1) is 0 Å². The van der Waals surface area contributed by atoms with Crippen molar-refractivity contribution in [2.24, 2.45) is 5.92 Å². The summed E-state index contributed by atoms with van der Waals surface area (Å²) in [6.45, 7) is 2.66. The van der Waals surface area contributed by atoms with E-state index in [4.69, 9.17) is 0 Å². The Bertz CT molecular complexity index is 438. The molecule has 0 aromatic heterocycles. The molecule has 0 radical (unpaired) electrons. The normalized spacial score (nSPS) is 20.8. The molecule has 0 heterocycles. The van der Waals surface area contributed by atoms with E-state index in [9.17, 15) is 9.50 Å². The van der Waals surface area contributed by atoms with Gasteiger partial charge in [0, 0.05) is 12.6 Å². The van der Waals surface area contributed by atoms with Crippen LogP contribution in [-0.4, -0.2) is 17.7 Å². The van der Waals surface area contributed by atoms with Crippen molar-refractivity contribution < 1.29 is 9.50 Å². The predicted octanol–water partition coefficient (Wildman–Crippen LogP) is 3.26. The van der Waals surface area contributed by atoms with Gasteiger partial charge in [0.25, 0.3) is 0 Å². The van der Waals surface area contributed by atoms with Crippen LogP contribution in [0.1, 0.15) is 44.3 Å². The molecule has 3 rings (SSSR count). The van der Waals surface area contributed by atoms with E-state index in [0.29, 0.717) is 17.3 Å². The number of halogens is 1. The van der Waals surface area contributed by atoms with E-state index in [1.54, 1.807) is 6.92 Å². The zero-order chi connectivity index (χ0) is 12.7. The first-order valence-electron chi connectivity index (χ1n) is 6.89. The molecule has 1 N–H and O–H groups in total. The van der Waals surface area contributed by atoms with E-state index >= 15 is 0 Å². The molecule has 3 heteroatoms. The largest absolute Gasteiger partial charge is 0.389 e. The van der Waals surface area contributed by atoms with Crippen molar-refractivity contribution >= 4 is 5.69 Å². The lowest BCUT2D eigenvalue weighted by molar-refractivity contribution is 0.199. The zero-order valence-corrected chi connectivity index (χ0v) is 10.8. The quantitative estimate of drug-likeness (QED) is 0.865. The van der Waals surface area contributed by atoms with Gasteiger partial charge in [-0.3, -0.25) is 0 Å². The Balaban J connectivity index is 1.83. The van der Waals surface area contributed by atoms with Gasteiger partial charge in [0.15, 0.2) is 0 Å². The number of anilines is 1. The zero-order valence-electron chi connectivity index (χ0n) is 10.8. The lowest BCUT2D eigenvalue weighted by Crippen LogP contribution is -2.28. The Hall–Kier alpha value is -1.09. The monoisotopic (exact) mass is 249 g/mol. The summed E-state index contributed by atoms with van der Waals surface area (Å²) in [5, 5.41) is 9.47. The summed E-state index contributed by atoms with van der Waals surface area (Å²) in [4.78, 5) is 2.23. The van der Waals surface area contributed by atoms with Crippen LogP contribution < -0.4 is 4.90 Å².